The number of nitrogens with zero attached hydrogens (tertiary/aromatic N) is 5. The molecule has 22 aromatic carbocycles. The van der Waals surface area contributed by atoms with Crippen LogP contribution in [0.15, 0.2) is 520 Å². The highest BCUT2D eigenvalue weighted by Crippen LogP contribution is 2.58. The first-order valence-electron chi connectivity index (χ1n) is 50.2. The Morgan fingerprint density at radius 3 is 0.797 bits per heavy atom. The molecule has 0 spiro atoms. The lowest BCUT2D eigenvalue weighted by molar-refractivity contribution is 0.416. The Balaban J connectivity index is 0.000000121. The molecule has 698 valence electrons. The van der Waals surface area contributed by atoms with E-state index in [1.165, 1.54) is 146 Å². The van der Waals surface area contributed by atoms with Crippen molar-refractivity contribution in [2.75, 3.05) is 36.9 Å². The predicted molar refractivity (Wildman–Crippen MR) is 619 cm³/mol. The van der Waals surface area contributed by atoms with Gasteiger partial charge in [0.25, 0.3) is 0 Å². The smallest absolute Gasteiger partial charge is 0.126 e. The Labute approximate surface area is 850 Å². The molecular weight excluding hydrogens is 1820 g/mol. The van der Waals surface area contributed by atoms with Gasteiger partial charge < -0.3 is 34.6 Å². The second-order valence-corrected chi connectivity index (χ2v) is 40.5. The van der Waals surface area contributed by atoms with Crippen molar-refractivity contribution in [2.24, 2.45) is 0 Å². The third kappa shape index (κ3) is 20.8. The quantitative estimate of drug-likeness (QED) is 0.0535. The van der Waals surface area contributed by atoms with Crippen LogP contribution in [0.5, 0.6) is 5.75 Å². The highest BCUT2D eigenvalue weighted by molar-refractivity contribution is 9.10. The summed E-state index contributed by atoms with van der Waals surface area (Å²) in [6.07, 6.45) is 14.4. The molecule has 7 nitrogen and oxygen atoms in total. The van der Waals surface area contributed by atoms with Crippen LogP contribution in [0.1, 0.15) is 69.8 Å². The first-order chi connectivity index (χ1) is 70.8. The van der Waals surface area contributed by atoms with Gasteiger partial charge in [0.15, 0.2) is 0 Å². The van der Waals surface area contributed by atoms with Crippen molar-refractivity contribution < 1.29 is 4.74 Å². The molecule has 0 aromatic heterocycles. The van der Waals surface area contributed by atoms with Crippen LogP contribution >= 0.6 is 23.9 Å². The zero-order chi connectivity index (χ0) is 96.4. The Morgan fingerprint density at radius 2 is 0.469 bits per heavy atom. The summed E-state index contributed by atoms with van der Waals surface area (Å²) in [5, 5.41) is 20.6. The summed E-state index contributed by atoms with van der Waals surface area (Å²) in [4.78, 5) is 11.5. The Hall–Kier alpha value is -16.1. The highest BCUT2D eigenvalue weighted by atomic mass is 79.9. The number of hydrogen-bond acceptors (Lipinski definition) is 7. The number of hydrogen-bond donors (Lipinski definition) is 1. The van der Waals surface area contributed by atoms with Gasteiger partial charge in [0.1, 0.15) is 5.75 Å². The van der Waals surface area contributed by atoms with E-state index in [9.17, 15) is 0 Å². The van der Waals surface area contributed by atoms with Crippen LogP contribution < -0.4 is 39.9 Å². The molecule has 24 rings (SSSR count). The largest absolute Gasteiger partial charge is 0.496 e. The van der Waals surface area contributed by atoms with Gasteiger partial charge in [0, 0.05) is 107 Å². The van der Waals surface area contributed by atoms with Gasteiger partial charge in [-0.1, -0.05) is 354 Å². The van der Waals surface area contributed by atoms with Crippen LogP contribution in [-0.4, -0.2) is 18.4 Å². The van der Waals surface area contributed by atoms with Crippen LogP contribution in [0.4, 0.5) is 96.7 Å². The number of halogens is 1. The number of methoxy groups -OCH3 is 1. The number of ether oxygens (including phenoxy) is 1. The molecule has 0 amide bonds. The molecule has 9 heteroatoms. The number of nitrogens with one attached hydrogen (secondary N) is 1. The fraction of sp³-hybridized carbons (Fsp3) is 0.104. The molecule has 22 aromatic rings. The Kier molecular flexibility index (Phi) is 29.1. The van der Waals surface area contributed by atoms with Gasteiger partial charge >= 0.3 is 0 Å². The van der Waals surface area contributed by atoms with Crippen molar-refractivity contribution in [1.29, 1.82) is 0 Å². The third-order valence-electron chi connectivity index (χ3n) is 27.9. The summed E-state index contributed by atoms with van der Waals surface area (Å²) in [6.45, 7) is 2.23. The molecule has 2 fully saturated rings. The summed E-state index contributed by atoms with van der Waals surface area (Å²) in [5.41, 5.74) is 24.6. The summed E-state index contributed by atoms with van der Waals surface area (Å²) in [5.74, 6) is 1.02. The molecule has 1 N–H and O–H groups in total. The molecule has 143 heavy (non-hydrogen) atoms. The van der Waals surface area contributed by atoms with Crippen LogP contribution in [0.25, 0.3) is 75.8 Å². The average molecular weight is 1940 g/mol. The monoisotopic (exact) mass is 1930 g/mol. The number of anilines is 17. The van der Waals surface area contributed by atoms with Gasteiger partial charge in [-0.05, 0) is 349 Å². The molecular formula is C134H114BrN6OP. The van der Waals surface area contributed by atoms with E-state index in [4.69, 9.17) is 4.74 Å². The maximum absolute atomic E-state index is 5.81. The standard InChI is InChI=1S/C54H39N3.C36H29N3.C26H35OP.C18H11Br/c1-5-17-40(18-6-1)55(41-19-7-2-8-20-41)44-29-31-45(32-30-44)56(42-21-9-3-10-22-42)46-33-35-47(36-34-46)57(43-23-11-4-12-24-43)48-37-38-53-51-27-14-13-25-49(51)50-26-15-16-28-52(50)54(53)39-48;1-5-13-29(14-6-1)37-30-21-23-34(24-22-30)39(33-19-11-4-12-20-33)36-27-25-35(26-28-36)38(31-15-7-2-8-16-31)32-17-9-3-10-18-32;1-20-12-11-18-24(27-2)26(20)23-17-9-10-19-25(23)28(21-13-5-3-6-14-21)22-15-7-4-8-16-22;19-12-9-10-17-15-7-2-1-5-13(15)14-6-3-4-8-16(14)18(17)11-12/h1-39H;1-28,37H;9-12,17-19,21-22H,3-8,13-16H2,1-2H3;1-11H. The zero-order valence-electron chi connectivity index (χ0n) is 80.8. The van der Waals surface area contributed by atoms with Crippen LogP contribution in [-0.2, 0) is 0 Å². The molecule has 2 aliphatic carbocycles. The van der Waals surface area contributed by atoms with Gasteiger partial charge in [-0.2, -0.15) is 0 Å². The van der Waals surface area contributed by atoms with Crippen molar-refractivity contribution >= 4 is 190 Å². The highest BCUT2D eigenvalue weighted by Gasteiger charge is 2.35. The number of aryl methyl sites for hydroxylation is 1. The minimum Gasteiger partial charge on any atom is -0.496 e. The SMILES string of the molecule is Brc1ccc2c3ccccc3c3ccccc3c2c1.COc1cccc(C)c1-c1ccccc1P(C1CCCCC1)C1CCCCC1.c1ccc(N(c2ccccc2)c2ccc(N(c3ccccc3)c3ccc(N(c4ccccc4)c4ccc5c6ccccc6c6ccccc6c5c4)cc3)cc2)cc1.c1ccc(Nc2ccc(N(c3ccccc3)c3ccc(N(c4ccccc4)c4ccccc4)cc3)cc2)cc1. The van der Waals surface area contributed by atoms with Gasteiger partial charge in [0.2, 0.25) is 0 Å². The van der Waals surface area contributed by atoms with E-state index in [2.05, 4.69) is 538 Å². The fourth-order valence-electron chi connectivity index (χ4n) is 21.3. The lowest BCUT2D eigenvalue weighted by Gasteiger charge is -2.39. The van der Waals surface area contributed by atoms with Crippen LogP contribution in [0.3, 0.4) is 0 Å². The second kappa shape index (κ2) is 44.6. The Bertz CT molecular complexity index is 7820. The van der Waals surface area contributed by atoms with Crippen molar-refractivity contribution in [3.8, 4) is 16.9 Å². The second-order valence-electron chi connectivity index (χ2n) is 36.9. The summed E-state index contributed by atoms with van der Waals surface area (Å²) in [6, 6.07) is 183. The minimum absolute atomic E-state index is 0.122. The first kappa shape index (κ1) is 93.2. The average Bonchev–Trinajstić information content (AvgIpc) is 0.740. The maximum atomic E-state index is 5.81. The van der Waals surface area contributed by atoms with Crippen LogP contribution in [0, 0.1) is 6.92 Å². The summed E-state index contributed by atoms with van der Waals surface area (Å²) < 4.78 is 6.94. The van der Waals surface area contributed by atoms with Gasteiger partial charge in [-0.25, -0.2) is 0 Å². The van der Waals surface area contributed by atoms with Gasteiger partial charge in [-0.15, -0.1) is 0 Å². The lowest BCUT2D eigenvalue weighted by Crippen LogP contribution is -2.27. The summed E-state index contributed by atoms with van der Waals surface area (Å²) >= 11 is 3.58. The van der Waals surface area contributed by atoms with Crippen LogP contribution in [0.2, 0.25) is 0 Å². The van der Waals surface area contributed by atoms with Crippen molar-refractivity contribution in [3.63, 3.8) is 0 Å². The molecule has 0 radical (unpaired) electrons. The fourth-order valence-corrected chi connectivity index (χ4v) is 25.6. The number of rotatable bonds is 22. The predicted octanol–water partition coefficient (Wildman–Crippen LogP) is 39.3. The normalized spacial score (nSPS) is 12.6. The number of benzene rings is 22. The lowest BCUT2D eigenvalue weighted by atomic mass is 9.94. The van der Waals surface area contributed by atoms with E-state index in [1.807, 2.05) is 37.4 Å². The van der Waals surface area contributed by atoms with Crippen molar-refractivity contribution in [2.45, 2.75) is 82.4 Å². The molecule has 0 heterocycles. The van der Waals surface area contributed by atoms with Gasteiger partial charge in [-0.3, -0.25) is 0 Å². The van der Waals surface area contributed by atoms with Gasteiger partial charge in [0.05, 0.1) is 7.11 Å². The van der Waals surface area contributed by atoms with E-state index < -0.39 is 0 Å². The van der Waals surface area contributed by atoms with E-state index in [0.717, 1.165) is 118 Å². The van der Waals surface area contributed by atoms with E-state index in [0.29, 0.717) is 0 Å². The van der Waals surface area contributed by atoms with E-state index in [-0.39, 0.29) is 7.92 Å². The third-order valence-corrected chi connectivity index (χ3v) is 32.0. The summed E-state index contributed by atoms with van der Waals surface area (Å²) in [7, 11) is 1.69. The van der Waals surface area contributed by atoms with E-state index >= 15 is 0 Å². The number of fused-ring (bicyclic) bond motifs is 12. The Morgan fingerprint density at radius 1 is 0.224 bits per heavy atom. The topological polar surface area (TPSA) is 37.5 Å². The van der Waals surface area contributed by atoms with Crippen molar-refractivity contribution in [1.82, 2.24) is 0 Å². The maximum Gasteiger partial charge on any atom is 0.126 e. The molecule has 0 aliphatic heterocycles. The molecule has 0 unspecified atom stereocenters. The van der Waals surface area contributed by atoms with Crippen molar-refractivity contribution in [3.05, 3.63) is 526 Å². The molecule has 0 saturated heterocycles. The molecule has 2 saturated carbocycles. The molecule has 0 bridgehead atoms. The molecule has 2 aliphatic rings. The number of para-hydroxylation sites is 8. The molecule has 0 atom stereocenters. The minimum atomic E-state index is -0.122. The van der Waals surface area contributed by atoms with E-state index in [1.54, 1.807) is 5.30 Å². The first-order valence-corrected chi connectivity index (χ1v) is 52.5. The zero-order valence-corrected chi connectivity index (χ0v) is 83.3.